The van der Waals surface area contributed by atoms with Crippen molar-refractivity contribution in [2.75, 3.05) is 13.1 Å². The molecule has 2 N–H and O–H groups in total. The van der Waals surface area contributed by atoms with Gasteiger partial charge in [-0.1, -0.05) is 11.6 Å². The fraction of sp³-hybridized carbons (Fsp3) is 0.462. The van der Waals surface area contributed by atoms with Gasteiger partial charge in [-0.3, -0.25) is 4.68 Å². The van der Waals surface area contributed by atoms with E-state index < -0.39 is 12.0 Å². The number of nitrogens with one attached hydrogen (secondary N) is 1. The first-order valence-corrected chi connectivity index (χ1v) is 6.40. The molecule has 0 radical (unpaired) electrons. The van der Waals surface area contributed by atoms with E-state index in [2.05, 4.69) is 16.5 Å². The molecule has 1 unspecified atom stereocenters. The average molecular weight is 278 g/mol. The molecule has 1 atom stereocenters. The van der Waals surface area contributed by atoms with Crippen molar-refractivity contribution in [1.29, 1.82) is 0 Å². The molecular formula is C13H18N4O3. The molecule has 0 aromatic carbocycles. The Bertz CT molecular complexity index is 550. The van der Waals surface area contributed by atoms with Crippen LogP contribution in [-0.4, -0.2) is 44.9 Å². The average Bonchev–Trinajstić information content (AvgIpc) is 2.81. The van der Waals surface area contributed by atoms with Crippen LogP contribution in [0.25, 0.3) is 0 Å². The number of carboxylic acid groups (broad SMARTS) is 1. The number of rotatable bonds is 3. The summed E-state index contributed by atoms with van der Waals surface area (Å²) in [6.07, 6.45) is 5.91. The summed E-state index contributed by atoms with van der Waals surface area (Å²) < 4.78 is 1.51. The summed E-state index contributed by atoms with van der Waals surface area (Å²) in [6, 6.07) is -1.45. The maximum Gasteiger partial charge on any atom is 0.331 e. The van der Waals surface area contributed by atoms with Crippen LogP contribution < -0.4 is 5.32 Å². The fourth-order valence-corrected chi connectivity index (χ4v) is 2.18. The number of aryl methyl sites for hydroxylation is 1. The lowest BCUT2D eigenvalue weighted by Crippen LogP contribution is -2.45. The van der Waals surface area contributed by atoms with Crippen molar-refractivity contribution in [2.24, 2.45) is 7.05 Å². The SMILES string of the molecule is CC1=CCCN(C(=O)NC(C(=O)O)c2cnn(C)c2)C1. The van der Waals surface area contributed by atoms with Crippen molar-refractivity contribution >= 4 is 12.0 Å². The largest absolute Gasteiger partial charge is 0.479 e. The molecule has 1 aliphatic heterocycles. The third-order valence-corrected chi connectivity index (χ3v) is 3.19. The van der Waals surface area contributed by atoms with Gasteiger partial charge in [-0.2, -0.15) is 5.10 Å². The van der Waals surface area contributed by atoms with Crippen LogP contribution in [0.15, 0.2) is 24.0 Å². The van der Waals surface area contributed by atoms with E-state index in [0.717, 1.165) is 12.0 Å². The summed E-state index contributed by atoms with van der Waals surface area (Å²) in [4.78, 5) is 25.1. The van der Waals surface area contributed by atoms with Crippen molar-refractivity contribution in [1.82, 2.24) is 20.0 Å². The Labute approximate surface area is 116 Å². The fourth-order valence-electron chi connectivity index (χ4n) is 2.18. The van der Waals surface area contributed by atoms with E-state index in [0.29, 0.717) is 18.7 Å². The number of hydrogen-bond donors (Lipinski definition) is 2. The van der Waals surface area contributed by atoms with Gasteiger partial charge in [0, 0.05) is 31.9 Å². The molecule has 7 nitrogen and oxygen atoms in total. The molecule has 2 heterocycles. The molecule has 1 aromatic heterocycles. The maximum atomic E-state index is 12.1. The van der Waals surface area contributed by atoms with E-state index in [-0.39, 0.29) is 6.03 Å². The zero-order chi connectivity index (χ0) is 14.7. The molecule has 0 saturated heterocycles. The lowest BCUT2D eigenvalue weighted by atomic mass is 10.1. The molecule has 0 saturated carbocycles. The standard InChI is InChI=1S/C13H18N4O3/c1-9-4-3-5-17(7-9)13(20)15-11(12(18)19)10-6-14-16(2)8-10/h4,6,8,11H,3,5,7H2,1-2H3,(H,15,20)(H,18,19). The molecule has 1 aromatic rings. The Hall–Kier alpha value is -2.31. The van der Waals surface area contributed by atoms with Gasteiger partial charge in [0.25, 0.3) is 0 Å². The van der Waals surface area contributed by atoms with Gasteiger partial charge < -0.3 is 15.3 Å². The molecule has 0 spiro atoms. The minimum Gasteiger partial charge on any atom is -0.479 e. The van der Waals surface area contributed by atoms with Crippen molar-refractivity contribution in [3.8, 4) is 0 Å². The van der Waals surface area contributed by atoms with Crippen LogP contribution >= 0.6 is 0 Å². The molecule has 108 valence electrons. The summed E-state index contributed by atoms with van der Waals surface area (Å²) in [5.74, 6) is -1.10. The highest BCUT2D eigenvalue weighted by Crippen LogP contribution is 2.14. The van der Waals surface area contributed by atoms with Gasteiger partial charge in [-0.15, -0.1) is 0 Å². The second-order valence-electron chi connectivity index (χ2n) is 4.93. The zero-order valence-corrected chi connectivity index (χ0v) is 11.5. The Kier molecular flexibility index (Phi) is 4.07. The van der Waals surface area contributed by atoms with Crippen LogP contribution in [0.3, 0.4) is 0 Å². The Balaban J connectivity index is 2.07. The summed E-state index contributed by atoms with van der Waals surface area (Å²) >= 11 is 0. The minimum atomic E-state index is -1.10. The smallest absolute Gasteiger partial charge is 0.331 e. The van der Waals surface area contributed by atoms with Gasteiger partial charge in [0.1, 0.15) is 0 Å². The molecule has 7 heteroatoms. The first-order valence-electron chi connectivity index (χ1n) is 6.40. The number of carboxylic acids is 1. The van der Waals surface area contributed by atoms with Crippen LogP contribution in [0.4, 0.5) is 4.79 Å². The number of hydrogen-bond acceptors (Lipinski definition) is 3. The number of nitrogens with zero attached hydrogens (tertiary/aromatic N) is 3. The van der Waals surface area contributed by atoms with Crippen LogP contribution in [0.1, 0.15) is 24.9 Å². The second kappa shape index (κ2) is 5.77. The molecule has 20 heavy (non-hydrogen) atoms. The van der Waals surface area contributed by atoms with E-state index in [1.54, 1.807) is 18.1 Å². The quantitative estimate of drug-likeness (QED) is 0.804. The third kappa shape index (κ3) is 3.17. The predicted octanol–water partition coefficient (Wildman–Crippen LogP) is 0.907. The van der Waals surface area contributed by atoms with E-state index in [4.69, 9.17) is 0 Å². The first-order chi connectivity index (χ1) is 9.47. The monoisotopic (exact) mass is 278 g/mol. The maximum absolute atomic E-state index is 12.1. The van der Waals surface area contributed by atoms with E-state index >= 15 is 0 Å². The molecular weight excluding hydrogens is 260 g/mol. The molecule has 2 amide bonds. The second-order valence-corrected chi connectivity index (χ2v) is 4.93. The van der Waals surface area contributed by atoms with Gasteiger partial charge in [0.15, 0.2) is 6.04 Å². The number of carbonyl (C=O) groups is 2. The Morgan fingerprint density at radius 3 is 2.80 bits per heavy atom. The van der Waals surface area contributed by atoms with E-state index in [1.807, 2.05) is 6.92 Å². The molecule has 1 aliphatic rings. The Morgan fingerprint density at radius 1 is 1.50 bits per heavy atom. The summed E-state index contributed by atoms with van der Waals surface area (Å²) in [5.41, 5.74) is 1.57. The summed E-state index contributed by atoms with van der Waals surface area (Å²) in [5, 5.41) is 15.7. The van der Waals surface area contributed by atoms with Gasteiger partial charge in [0.2, 0.25) is 0 Å². The highest BCUT2D eigenvalue weighted by molar-refractivity contribution is 5.83. The summed E-state index contributed by atoms with van der Waals surface area (Å²) in [6.45, 7) is 3.09. The van der Waals surface area contributed by atoms with Gasteiger partial charge >= 0.3 is 12.0 Å². The minimum absolute atomic E-state index is 0.367. The van der Waals surface area contributed by atoms with Crippen LogP contribution in [0, 0.1) is 0 Å². The highest BCUT2D eigenvalue weighted by Gasteiger charge is 2.26. The topological polar surface area (TPSA) is 87.5 Å². The number of urea groups is 1. The zero-order valence-electron chi connectivity index (χ0n) is 11.5. The van der Waals surface area contributed by atoms with E-state index in [9.17, 15) is 14.7 Å². The van der Waals surface area contributed by atoms with Gasteiger partial charge in [0.05, 0.1) is 6.20 Å². The van der Waals surface area contributed by atoms with Crippen molar-refractivity contribution in [3.05, 3.63) is 29.6 Å². The number of aromatic nitrogens is 2. The van der Waals surface area contributed by atoms with Gasteiger partial charge in [-0.25, -0.2) is 9.59 Å². The number of carbonyl (C=O) groups excluding carboxylic acids is 1. The van der Waals surface area contributed by atoms with Crippen LogP contribution in [-0.2, 0) is 11.8 Å². The molecule has 0 bridgehead atoms. The molecule has 0 aliphatic carbocycles. The third-order valence-electron chi connectivity index (χ3n) is 3.19. The van der Waals surface area contributed by atoms with Gasteiger partial charge in [-0.05, 0) is 13.3 Å². The van der Waals surface area contributed by atoms with E-state index in [1.165, 1.54) is 10.9 Å². The Morgan fingerprint density at radius 2 is 2.25 bits per heavy atom. The normalized spacial score (nSPS) is 16.5. The predicted molar refractivity (Wildman–Crippen MR) is 72.1 cm³/mol. The van der Waals surface area contributed by atoms with Crippen molar-refractivity contribution < 1.29 is 14.7 Å². The lowest BCUT2D eigenvalue weighted by Gasteiger charge is -2.27. The number of aliphatic carboxylic acids is 1. The number of amides is 2. The summed E-state index contributed by atoms with van der Waals surface area (Å²) in [7, 11) is 1.70. The highest BCUT2D eigenvalue weighted by atomic mass is 16.4. The lowest BCUT2D eigenvalue weighted by molar-refractivity contribution is -0.139. The molecule has 2 rings (SSSR count). The van der Waals surface area contributed by atoms with Crippen molar-refractivity contribution in [3.63, 3.8) is 0 Å². The van der Waals surface area contributed by atoms with Crippen molar-refractivity contribution in [2.45, 2.75) is 19.4 Å². The van der Waals surface area contributed by atoms with Crippen LogP contribution in [0.2, 0.25) is 0 Å². The van der Waals surface area contributed by atoms with Crippen LogP contribution in [0.5, 0.6) is 0 Å². The molecule has 0 fully saturated rings. The first kappa shape index (κ1) is 14.1.